The third kappa shape index (κ3) is 2.49. The molecule has 3 atom stereocenters. The highest BCUT2D eigenvalue weighted by atomic mass is 16.3. The molecule has 2 heteroatoms. The van der Waals surface area contributed by atoms with Crippen molar-refractivity contribution in [3.8, 4) is 0 Å². The average molecular weight is 221 g/mol. The molecule has 0 spiro atoms. The Kier molecular flexibility index (Phi) is 3.11. The molecule has 1 heterocycles. The number of hydrogen-bond donors (Lipinski definition) is 1. The van der Waals surface area contributed by atoms with Gasteiger partial charge in [0.15, 0.2) is 0 Å². The van der Waals surface area contributed by atoms with Gasteiger partial charge in [0, 0.05) is 6.04 Å². The van der Waals surface area contributed by atoms with Gasteiger partial charge in [-0.1, -0.05) is 20.8 Å². The fraction of sp³-hybridized carbons (Fsp3) is 0.714. The van der Waals surface area contributed by atoms with Gasteiger partial charge in [-0.05, 0) is 43.2 Å². The maximum atomic E-state index is 5.43. The summed E-state index contributed by atoms with van der Waals surface area (Å²) in [5, 5.41) is 3.69. The van der Waals surface area contributed by atoms with Gasteiger partial charge in [-0.2, -0.15) is 0 Å². The van der Waals surface area contributed by atoms with Crippen LogP contribution in [0.5, 0.6) is 0 Å². The zero-order chi connectivity index (χ0) is 11.8. The second-order valence-electron chi connectivity index (χ2n) is 6.06. The lowest BCUT2D eigenvalue weighted by molar-refractivity contribution is 0.338. The molecule has 1 N–H and O–H groups in total. The molecule has 1 aromatic heterocycles. The Balaban J connectivity index is 1.95. The minimum atomic E-state index is 0.316. The van der Waals surface area contributed by atoms with E-state index < -0.39 is 0 Å². The molecule has 1 aromatic rings. The number of nitrogens with one attached hydrogen (secondary N) is 1. The fourth-order valence-corrected chi connectivity index (χ4v) is 3.06. The van der Waals surface area contributed by atoms with Crippen molar-refractivity contribution in [3.63, 3.8) is 0 Å². The van der Waals surface area contributed by atoms with Crippen LogP contribution >= 0.6 is 0 Å². The summed E-state index contributed by atoms with van der Waals surface area (Å²) in [6.07, 6.45) is 4.32. The lowest BCUT2D eigenvalue weighted by atomic mass is 9.91. The highest BCUT2D eigenvalue weighted by Gasteiger charge is 2.37. The topological polar surface area (TPSA) is 25.2 Å². The van der Waals surface area contributed by atoms with Crippen molar-refractivity contribution < 1.29 is 4.42 Å². The second-order valence-corrected chi connectivity index (χ2v) is 6.06. The van der Waals surface area contributed by atoms with Gasteiger partial charge in [0.25, 0.3) is 0 Å². The van der Waals surface area contributed by atoms with E-state index >= 15 is 0 Å². The van der Waals surface area contributed by atoms with Gasteiger partial charge in [0.1, 0.15) is 5.76 Å². The summed E-state index contributed by atoms with van der Waals surface area (Å²) < 4.78 is 5.43. The van der Waals surface area contributed by atoms with E-state index in [0.29, 0.717) is 17.5 Å². The van der Waals surface area contributed by atoms with Crippen LogP contribution in [-0.2, 0) is 0 Å². The third-order valence-corrected chi connectivity index (χ3v) is 3.77. The van der Waals surface area contributed by atoms with Crippen LogP contribution in [0, 0.1) is 11.3 Å². The van der Waals surface area contributed by atoms with Gasteiger partial charge in [0.05, 0.1) is 12.3 Å². The number of furan rings is 1. The van der Waals surface area contributed by atoms with Gasteiger partial charge >= 0.3 is 0 Å². The maximum absolute atomic E-state index is 5.43. The minimum absolute atomic E-state index is 0.316. The van der Waals surface area contributed by atoms with E-state index in [-0.39, 0.29) is 0 Å². The summed E-state index contributed by atoms with van der Waals surface area (Å²) >= 11 is 0. The van der Waals surface area contributed by atoms with Crippen molar-refractivity contribution in [1.82, 2.24) is 5.32 Å². The first-order valence-electron chi connectivity index (χ1n) is 6.27. The standard InChI is InChI=1S/C14H23NO/c1-10-8-14(3,4)9-12(10)15-11(2)13-6-5-7-16-13/h5-7,10-12,15H,8-9H2,1-4H3. The van der Waals surface area contributed by atoms with Crippen molar-refractivity contribution in [2.24, 2.45) is 11.3 Å². The molecule has 0 aromatic carbocycles. The van der Waals surface area contributed by atoms with Crippen LogP contribution in [0.15, 0.2) is 22.8 Å². The summed E-state index contributed by atoms with van der Waals surface area (Å²) in [4.78, 5) is 0. The van der Waals surface area contributed by atoms with Crippen LogP contribution in [0.3, 0.4) is 0 Å². The maximum Gasteiger partial charge on any atom is 0.120 e. The molecule has 2 nitrogen and oxygen atoms in total. The van der Waals surface area contributed by atoms with Crippen LogP contribution in [0.1, 0.15) is 52.3 Å². The van der Waals surface area contributed by atoms with E-state index in [1.54, 1.807) is 6.26 Å². The van der Waals surface area contributed by atoms with Gasteiger partial charge in [-0.25, -0.2) is 0 Å². The molecule has 0 radical (unpaired) electrons. The monoisotopic (exact) mass is 221 g/mol. The van der Waals surface area contributed by atoms with Crippen molar-refractivity contribution in [1.29, 1.82) is 0 Å². The second kappa shape index (κ2) is 4.25. The summed E-state index contributed by atoms with van der Waals surface area (Å²) in [6.45, 7) is 9.25. The van der Waals surface area contributed by atoms with Crippen LogP contribution in [-0.4, -0.2) is 6.04 Å². The van der Waals surface area contributed by atoms with Crippen molar-refractivity contribution in [2.75, 3.05) is 0 Å². The molecule has 3 unspecified atom stereocenters. The SMILES string of the molecule is CC(NC1CC(C)(C)CC1C)c1ccco1. The van der Waals surface area contributed by atoms with E-state index in [4.69, 9.17) is 4.42 Å². The Labute approximate surface area is 98.4 Å². The predicted molar refractivity (Wildman–Crippen MR) is 66.2 cm³/mol. The lowest BCUT2D eigenvalue weighted by Gasteiger charge is -2.22. The minimum Gasteiger partial charge on any atom is -0.468 e. The molecule has 0 aliphatic heterocycles. The van der Waals surface area contributed by atoms with E-state index in [2.05, 4.69) is 33.0 Å². The summed E-state index contributed by atoms with van der Waals surface area (Å²) in [7, 11) is 0. The molecular formula is C14H23NO. The highest BCUT2D eigenvalue weighted by molar-refractivity contribution is 5.04. The average Bonchev–Trinajstić information content (AvgIpc) is 2.74. The molecule has 1 fully saturated rings. The molecular weight excluding hydrogens is 198 g/mol. The Bertz CT molecular complexity index is 329. The third-order valence-electron chi connectivity index (χ3n) is 3.77. The predicted octanol–water partition coefficient (Wildman–Crippen LogP) is 3.75. The van der Waals surface area contributed by atoms with Crippen molar-refractivity contribution in [3.05, 3.63) is 24.2 Å². The van der Waals surface area contributed by atoms with Crippen LogP contribution in [0.25, 0.3) is 0 Å². The largest absolute Gasteiger partial charge is 0.468 e. The summed E-state index contributed by atoms with van der Waals surface area (Å²) in [5.74, 6) is 1.80. The Morgan fingerprint density at radius 1 is 1.44 bits per heavy atom. The van der Waals surface area contributed by atoms with Gasteiger partial charge in [-0.3, -0.25) is 0 Å². The quantitative estimate of drug-likeness (QED) is 0.840. The first-order valence-corrected chi connectivity index (χ1v) is 6.27. The lowest BCUT2D eigenvalue weighted by Crippen LogP contribution is -2.33. The van der Waals surface area contributed by atoms with Crippen molar-refractivity contribution in [2.45, 2.75) is 52.6 Å². The zero-order valence-electron chi connectivity index (χ0n) is 10.8. The van der Waals surface area contributed by atoms with E-state index in [1.807, 2.05) is 12.1 Å². The normalized spacial score (nSPS) is 30.5. The van der Waals surface area contributed by atoms with E-state index in [0.717, 1.165) is 11.7 Å². The Morgan fingerprint density at radius 2 is 2.19 bits per heavy atom. The first kappa shape index (κ1) is 11.7. The van der Waals surface area contributed by atoms with Crippen molar-refractivity contribution >= 4 is 0 Å². The van der Waals surface area contributed by atoms with Gasteiger partial charge in [-0.15, -0.1) is 0 Å². The first-order chi connectivity index (χ1) is 7.48. The molecule has 1 aliphatic rings. The van der Waals surface area contributed by atoms with Gasteiger partial charge < -0.3 is 9.73 Å². The van der Waals surface area contributed by atoms with E-state index in [1.165, 1.54) is 12.8 Å². The zero-order valence-corrected chi connectivity index (χ0v) is 10.8. The van der Waals surface area contributed by atoms with E-state index in [9.17, 15) is 0 Å². The number of rotatable bonds is 3. The summed E-state index contributed by atoms with van der Waals surface area (Å²) in [6, 6.07) is 4.93. The smallest absolute Gasteiger partial charge is 0.120 e. The summed E-state index contributed by atoms with van der Waals surface area (Å²) in [5.41, 5.74) is 0.486. The Hall–Kier alpha value is -0.760. The molecule has 0 amide bonds. The van der Waals surface area contributed by atoms with Gasteiger partial charge in [0.2, 0.25) is 0 Å². The highest BCUT2D eigenvalue weighted by Crippen LogP contribution is 2.41. The molecule has 0 saturated heterocycles. The molecule has 1 saturated carbocycles. The molecule has 90 valence electrons. The Morgan fingerprint density at radius 3 is 2.69 bits per heavy atom. The van der Waals surface area contributed by atoms with Crippen LogP contribution < -0.4 is 5.32 Å². The molecule has 2 rings (SSSR count). The molecule has 1 aliphatic carbocycles. The fourth-order valence-electron chi connectivity index (χ4n) is 3.06. The molecule has 0 bridgehead atoms. The molecule has 16 heavy (non-hydrogen) atoms. The van der Waals surface area contributed by atoms with Crippen LogP contribution in [0.2, 0.25) is 0 Å². The number of hydrogen-bond acceptors (Lipinski definition) is 2. The van der Waals surface area contributed by atoms with Crippen LogP contribution in [0.4, 0.5) is 0 Å².